The van der Waals surface area contributed by atoms with Crippen LogP contribution in [0.5, 0.6) is 0 Å². The lowest BCUT2D eigenvalue weighted by atomic mass is 10.0. The number of anilines is 1. The Morgan fingerprint density at radius 2 is 1.84 bits per heavy atom. The molecule has 130 valence electrons. The van der Waals surface area contributed by atoms with E-state index in [1.54, 1.807) is 0 Å². The van der Waals surface area contributed by atoms with Gasteiger partial charge in [-0.3, -0.25) is 0 Å². The molecular weight excluding hydrogens is 306 g/mol. The highest BCUT2D eigenvalue weighted by Crippen LogP contribution is 2.20. The monoisotopic (exact) mass is 333 g/mol. The quantitative estimate of drug-likeness (QED) is 0.874. The van der Waals surface area contributed by atoms with E-state index in [4.69, 9.17) is 0 Å². The molecule has 0 fully saturated rings. The summed E-state index contributed by atoms with van der Waals surface area (Å²) < 4.78 is 0. The van der Waals surface area contributed by atoms with Crippen LogP contribution in [0.15, 0.2) is 60.7 Å². The Labute approximate surface area is 150 Å². The molecule has 2 heteroatoms. The summed E-state index contributed by atoms with van der Waals surface area (Å²) in [4.78, 5) is 2.34. The van der Waals surface area contributed by atoms with Crippen LogP contribution in [0.25, 0.3) is 12.2 Å². The van der Waals surface area contributed by atoms with Crippen LogP contribution in [0.3, 0.4) is 0 Å². The largest absolute Gasteiger partial charge is 0.388 e. The smallest absolute Gasteiger partial charge is 0.0807 e. The Morgan fingerprint density at radius 3 is 2.60 bits per heavy atom. The maximum absolute atomic E-state index is 10.7. The van der Waals surface area contributed by atoms with E-state index in [1.807, 2.05) is 6.07 Å². The van der Waals surface area contributed by atoms with Gasteiger partial charge < -0.3 is 10.0 Å². The van der Waals surface area contributed by atoms with Gasteiger partial charge in [0.25, 0.3) is 0 Å². The van der Waals surface area contributed by atoms with Gasteiger partial charge in [-0.15, -0.1) is 0 Å². The fourth-order valence-corrected chi connectivity index (χ4v) is 3.31. The zero-order valence-corrected chi connectivity index (χ0v) is 15.1. The van der Waals surface area contributed by atoms with Crippen molar-refractivity contribution in [1.82, 2.24) is 0 Å². The van der Waals surface area contributed by atoms with Crippen molar-refractivity contribution in [3.63, 3.8) is 0 Å². The maximum Gasteiger partial charge on any atom is 0.0807 e. The van der Waals surface area contributed by atoms with Crippen LogP contribution in [0.2, 0.25) is 0 Å². The third-order valence-electron chi connectivity index (χ3n) is 4.74. The summed E-state index contributed by atoms with van der Waals surface area (Å²) in [6.07, 6.45) is 9.81. The number of nitrogens with zero attached hydrogens (tertiary/aromatic N) is 1. The number of rotatable bonds is 6. The predicted octanol–water partition coefficient (Wildman–Crippen LogP) is 3.55. The molecular formula is C23H27NO. The highest BCUT2D eigenvalue weighted by Gasteiger charge is 2.14. The summed E-state index contributed by atoms with van der Waals surface area (Å²) in [5.41, 5.74) is 2.21. The average Bonchev–Trinajstić information content (AvgIpc) is 2.87. The van der Waals surface area contributed by atoms with E-state index in [1.165, 1.54) is 16.1 Å². The molecule has 0 saturated carbocycles. The Bertz CT molecular complexity index is 836. The van der Waals surface area contributed by atoms with Gasteiger partial charge >= 0.3 is 0 Å². The summed E-state index contributed by atoms with van der Waals surface area (Å²) >= 11 is 0. The lowest BCUT2D eigenvalue weighted by Gasteiger charge is -2.30. The molecule has 2 aromatic carbocycles. The van der Waals surface area contributed by atoms with Crippen molar-refractivity contribution in [3.8, 4) is 0 Å². The van der Waals surface area contributed by atoms with Gasteiger partial charge in [-0.2, -0.15) is 0 Å². The first-order chi connectivity index (χ1) is 12.1. The SMILES string of the molecule is CC(C)N(CCC(O)c1ccc2c(c1)=CCC=CC=2)c1ccccc1. The van der Waals surface area contributed by atoms with E-state index >= 15 is 0 Å². The average molecular weight is 333 g/mol. The molecule has 0 bridgehead atoms. The molecule has 0 spiro atoms. The molecule has 0 aromatic heterocycles. The number of aliphatic hydroxyl groups is 1. The highest BCUT2D eigenvalue weighted by molar-refractivity contribution is 5.47. The summed E-state index contributed by atoms with van der Waals surface area (Å²) in [5.74, 6) is 0. The second-order valence-corrected chi connectivity index (χ2v) is 6.85. The topological polar surface area (TPSA) is 23.5 Å². The number of aliphatic hydroxyl groups excluding tert-OH is 1. The molecule has 25 heavy (non-hydrogen) atoms. The van der Waals surface area contributed by atoms with E-state index in [0.717, 1.165) is 18.5 Å². The van der Waals surface area contributed by atoms with Gasteiger partial charge in [-0.25, -0.2) is 0 Å². The number of hydrogen-bond donors (Lipinski definition) is 1. The molecule has 1 N–H and O–H groups in total. The van der Waals surface area contributed by atoms with Gasteiger partial charge in [0.2, 0.25) is 0 Å². The fourth-order valence-electron chi connectivity index (χ4n) is 3.31. The van der Waals surface area contributed by atoms with Crippen LogP contribution in [-0.4, -0.2) is 17.7 Å². The van der Waals surface area contributed by atoms with Gasteiger partial charge in [-0.05, 0) is 60.9 Å². The minimum Gasteiger partial charge on any atom is -0.388 e. The summed E-state index contributed by atoms with van der Waals surface area (Å²) in [6, 6.07) is 17.1. The molecule has 3 rings (SSSR count). The molecule has 1 aliphatic carbocycles. The minimum atomic E-state index is -0.445. The van der Waals surface area contributed by atoms with Gasteiger partial charge in [0, 0.05) is 18.3 Å². The molecule has 0 saturated heterocycles. The Morgan fingerprint density at radius 1 is 1.04 bits per heavy atom. The molecule has 1 atom stereocenters. The van der Waals surface area contributed by atoms with Crippen molar-refractivity contribution >= 4 is 17.8 Å². The van der Waals surface area contributed by atoms with Crippen LogP contribution < -0.4 is 15.3 Å². The molecule has 0 heterocycles. The van der Waals surface area contributed by atoms with Gasteiger partial charge in [0.05, 0.1) is 6.10 Å². The van der Waals surface area contributed by atoms with Crippen molar-refractivity contribution in [3.05, 3.63) is 76.7 Å². The molecule has 0 amide bonds. The van der Waals surface area contributed by atoms with Crippen LogP contribution >= 0.6 is 0 Å². The van der Waals surface area contributed by atoms with Crippen molar-refractivity contribution in [2.45, 2.75) is 38.8 Å². The van der Waals surface area contributed by atoms with E-state index in [0.29, 0.717) is 12.5 Å². The Hall–Kier alpha value is -2.32. The predicted molar refractivity (Wildman–Crippen MR) is 107 cm³/mol. The Kier molecular flexibility index (Phi) is 5.72. The van der Waals surface area contributed by atoms with E-state index in [9.17, 15) is 5.11 Å². The molecule has 1 aliphatic rings. The highest BCUT2D eigenvalue weighted by atomic mass is 16.3. The van der Waals surface area contributed by atoms with Gasteiger partial charge in [0.15, 0.2) is 0 Å². The zero-order valence-electron chi connectivity index (χ0n) is 15.1. The summed E-state index contributed by atoms with van der Waals surface area (Å²) in [7, 11) is 0. The third-order valence-corrected chi connectivity index (χ3v) is 4.74. The third kappa shape index (κ3) is 4.40. The van der Waals surface area contributed by atoms with Crippen LogP contribution in [0.4, 0.5) is 5.69 Å². The molecule has 2 nitrogen and oxygen atoms in total. The molecule has 2 aromatic rings. The second-order valence-electron chi connectivity index (χ2n) is 6.85. The molecule has 0 aliphatic heterocycles. The number of benzene rings is 2. The number of fused-ring (bicyclic) bond motifs is 1. The fraction of sp³-hybridized carbons (Fsp3) is 0.304. The minimum absolute atomic E-state index is 0.399. The summed E-state index contributed by atoms with van der Waals surface area (Å²) in [6.45, 7) is 5.22. The molecule has 0 radical (unpaired) electrons. The lowest BCUT2D eigenvalue weighted by molar-refractivity contribution is 0.168. The zero-order chi connectivity index (χ0) is 17.6. The first-order valence-electron chi connectivity index (χ1n) is 9.12. The number of allylic oxidation sites excluding steroid dienone is 2. The van der Waals surface area contributed by atoms with Crippen LogP contribution in [0, 0.1) is 0 Å². The van der Waals surface area contributed by atoms with E-state index < -0.39 is 6.10 Å². The second kappa shape index (κ2) is 8.17. The first-order valence-corrected chi connectivity index (χ1v) is 9.12. The maximum atomic E-state index is 10.7. The first kappa shape index (κ1) is 17.5. The van der Waals surface area contributed by atoms with E-state index in [2.05, 4.69) is 85.5 Å². The van der Waals surface area contributed by atoms with Crippen molar-refractivity contribution in [1.29, 1.82) is 0 Å². The lowest BCUT2D eigenvalue weighted by Crippen LogP contribution is -2.32. The normalized spacial score (nSPS) is 14.2. The van der Waals surface area contributed by atoms with E-state index in [-0.39, 0.29) is 0 Å². The van der Waals surface area contributed by atoms with Crippen molar-refractivity contribution in [2.75, 3.05) is 11.4 Å². The Balaban J connectivity index is 1.73. The number of para-hydroxylation sites is 1. The van der Waals surface area contributed by atoms with Crippen molar-refractivity contribution in [2.24, 2.45) is 0 Å². The number of hydrogen-bond acceptors (Lipinski definition) is 2. The van der Waals surface area contributed by atoms with Gasteiger partial charge in [-0.1, -0.05) is 54.6 Å². The van der Waals surface area contributed by atoms with Gasteiger partial charge in [0.1, 0.15) is 0 Å². The van der Waals surface area contributed by atoms with Crippen molar-refractivity contribution < 1.29 is 5.11 Å². The van der Waals surface area contributed by atoms with Crippen LogP contribution in [-0.2, 0) is 0 Å². The standard InChI is InChI=1S/C23H27NO/c1-18(2)24(22-11-7-4-8-12-22)16-15-23(25)21-14-13-19-9-5-3-6-10-20(19)17-21/h3-5,7-14,17-18,23,25H,6,15-16H2,1-2H3. The summed E-state index contributed by atoms with van der Waals surface area (Å²) in [5, 5.41) is 13.1. The molecule has 1 unspecified atom stereocenters. The van der Waals surface area contributed by atoms with Crippen LogP contribution in [0.1, 0.15) is 38.4 Å².